The van der Waals surface area contributed by atoms with E-state index in [-0.39, 0.29) is 36.6 Å². The number of rotatable bonds is 4. The van der Waals surface area contributed by atoms with Crippen molar-refractivity contribution >= 4 is 39.7 Å². The molecule has 5 rings (SSSR count). The lowest BCUT2D eigenvalue weighted by atomic mass is 9.85. The molecule has 146 valence electrons. The van der Waals surface area contributed by atoms with Crippen LogP contribution in [0.25, 0.3) is 21.9 Å². The van der Waals surface area contributed by atoms with Crippen molar-refractivity contribution < 1.29 is 23.5 Å². The Labute approximate surface area is 166 Å². The summed E-state index contributed by atoms with van der Waals surface area (Å²) in [6.07, 6.45) is 5.04. The quantitative estimate of drug-likeness (QED) is 0.293. The van der Waals surface area contributed by atoms with E-state index < -0.39 is 5.97 Å². The number of para-hydroxylation sites is 1. The first-order chi connectivity index (χ1) is 14.1. The van der Waals surface area contributed by atoms with Crippen molar-refractivity contribution in [1.29, 1.82) is 0 Å². The van der Waals surface area contributed by atoms with Crippen molar-refractivity contribution in [2.24, 2.45) is 11.8 Å². The number of hydrogen-bond donors (Lipinski definition) is 0. The maximum Gasteiger partial charge on any atom is 0.312 e. The monoisotopic (exact) mass is 389 g/mol. The number of imide groups is 1. The van der Waals surface area contributed by atoms with Crippen molar-refractivity contribution in [3.63, 3.8) is 0 Å². The van der Waals surface area contributed by atoms with Gasteiger partial charge < -0.3 is 9.15 Å². The van der Waals surface area contributed by atoms with Gasteiger partial charge in [0.1, 0.15) is 16.9 Å². The largest absolute Gasteiger partial charge is 0.456 e. The fourth-order valence-corrected chi connectivity index (χ4v) is 4.24. The molecule has 1 saturated heterocycles. The van der Waals surface area contributed by atoms with Crippen LogP contribution in [0.3, 0.4) is 0 Å². The number of furan rings is 1. The molecular weight excluding hydrogens is 370 g/mol. The number of nitrogens with zero attached hydrogens (tertiary/aromatic N) is 1. The number of amides is 2. The highest BCUT2D eigenvalue weighted by atomic mass is 16.5. The lowest BCUT2D eigenvalue weighted by Crippen LogP contribution is -2.33. The minimum Gasteiger partial charge on any atom is -0.456 e. The second-order valence-electron chi connectivity index (χ2n) is 7.46. The lowest BCUT2D eigenvalue weighted by molar-refractivity contribution is -0.141. The highest BCUT2D eigenvalue weighted by Crippen LogP contribution is 2.35. The molecule has 6 heteroatoms. The molecule has 29 heavy (non-hydrogen) atoms. The van der Waals surface area contributed by atoms with Crippen LogP contribution in [0.15, 0.2) is 59.0 Å². The maximum atomic E-state index is 12.5. The normalized spacial score (nSPS) is 21.2. The number of benzene rings is 2. The van der Waals surface area contributed by atoms with Crippen LogP contribution in [0.5, 0.6) is 5.75 Å². The SMILES string of the molecule is O=C(CCN1C(=O)[C@H]2CC=CC[C@H]2C1=O)Oc1ccc2oc3ccccc3c2c1. The summed E-state index contributed by atoms with van der Waals surface area (Å²) >= 11 is 0. The van der Waals surface area contributed by atoms with E-state index >= 15 is 0 Å². The fourth-order valence-electron chi connectivity index (χ4n) is 4.24. The number of carbonyl (C=O) groups excluding carboxylic acids is 3. The molecule has 6 nitrogen and oxygen atoms in total. The highest BCUT2D eigenvalue weighted by molar-refractivity contribution is 6.06. The van der Waals surface area contributed by atoms with Crippen LogP contribution in [0.1, 0.15) is 19.3 Å². The maximum absolute atomic E-state index is 12.5. The van der Waals surface area contributed by atoms with Crippen LogP contribution in [0, 0.1) is 11.8 Å². The van der Waals surface area contributed by atoms with E-state index in [1.807, 2.05) is 36.4 Å². The molecule has 0 spiro atoms. The first kappa shape index (κ1) is 17.7. The number of carbonyl (C=O) groups is 3. The third-order valence-corrected chi connectivity index (χ3v) is 5.72. The zero-order chi connectivity index (χ0) is 20.0. The van der Waals surface area contributed by atoms with E-state index in [1.54, 1.807) is 18.2 Å². The summed E-state index contributed by atoms with van der Waals surface area (Å²) in [7, 11) is 0. The van der Waals surface area contributed by atoms with Crippen LogP contribution in [-0.2, 0) is 14.4 Å². The summed E-state index contributed by atoms with van der Waals surface area (Å²) < 4.78 is 11.2. The van der Waals surface area contributed by atoms with Crippen molar-refractivity contribution in [3.05, 3.63) is 54.6 Å². The van der Waals surface area contributed by atoms with E-state index in [0.29, 0.717) is 18.6 Å². The van der Waals surface area contributed by atoms with Crippen molar-refractivity contribution in [2.75, 3.05) is 6.54 Å². The topological polar surface area (TPSA) is 76.8 Å². The van der Waals surface area contributed by atoms with Gasteiger partial charge >= 0.3 is 5.97 Å². The number of likely N-dealkylation sites (tertiary alicyclic amines) is 1. The predicted octanol–water partition coefficient (Wildman–Crippen LogP) is 3.83. The average molecular weight is 389 g/mol. The summed E-state index contributed by atoms with van der Waals surface area (Å²) in [5, 5.41) is 1.82. The van der Waals surface area contributed by atoms with E-state index in [0.717, 1.165) is 21.9 Å². The average Bonchev–Trinajstić information content (AvgIpc) is 3.22. The third-order valence-electron chi connectivity index (χ3n) is 5.72. The highest BCUT2D eigenvalue weighted by Gasteiger charge is 2.46. The van der Waals surface area contributed by atoms with Crippen molar-refractivity contribution in [2.45, 2.75) is 19.3 Å². The predicted molar refractivity (Wildman–Crippen MR) is 106 cm³/mol. The van der Waals surface area contributed by atoms with Gasteiger partial charge in [0.25, 0.3) is 0 Å². The van der Waals surface area contributed by atoms with Crippen molar-refractivity contribution in [3.8, 4) is 5.75 Å². The van der Waals surface area contributed by atoms with E-state index in [4.69, 9.17) is 9.15 Å². The zero-order valence-electron chi connectivity index (χ0n) is 15.7. The van der Waals surface area contributed by atoms with Crippen LogP contribution < -0.4 is 4.74 Å². The first-order valence-electron chi connectivity index (χ1n) is 9.74. The number of fused-ring (bicyclic) bond motifs is 4. The summed E-state index contributed by atoms with van der Waals surface area (Å²) in [4.78, 5) is 38.5. The van der Waals surface area contributed by atoms with Gasteiger partial charge in [-0.15, -0.1) is 0 Å². The molecule has 0 unspecified atom stereocenters. The van der Waals surface area contributed by atoms with Gasteiger partial charge in [0, 0.05) is 17.3 Å². The number of esters is 1. The molecule has 2 amide bonds. The van der Waals surface area contributed by atoms with Gasteiger partial charge in [-0.25, -0.2) is 0 Å². The second kappa shape index (κ2) is 6.88. The van der Waals surface area contributed by atoms with Gasteiger partial charge in [-0.2, -0.15) is 0 Å². The smallest absolute Gasteiger partial charge is 0.312 e. The molecule has 3 aromatic rings. The Balaban J connectivity index is 1.27. The Morgan fingerprint density at radius 3 is 2.41 bits per heavy atom. The molecule has 0 radical (unpaired) electrons. The summed E-state index contributed by atoms with van der Waals surface area (Å²) in [6, 6.07) is 12.9. The van der Waals surface area contributed by atoms with Crippen molar-refractivity contribution in [1.82, 2.24) is 4.90 Å². The Bertz CT molecular complexity index is 1150. The molecule has 1 aliphatic heterocycles. The fraction of sp³-hybridized carbons (Fsp3) is 0.261. The first-order valence-corrected chi connectivity index (χ1v) is 9.74. The van der Waals surface area contributed by atoms with Gasteiger partial charge in [-0.1, -0.05) is 30.4 Å². The van der Waals surface area contributed by atoms with Gasteiger partial charge in [-0.05, 0) is 37.1 Å². The number of hydrogen-bond acceptors (Lipinski definition) is 5. The molecule has 0 bridgehead atoms. The molecule has 1 aromatic heterocycles. The minimum atomic E-state index is -0.481. The Morgan fingerprint density at radius 1 is 0.966 bits per heavy atom. The Morgan fingerprint density at radius 2 is 1.66 bits per heavy atom. The molecule has 2 aromatic carbocycles. The number of allylic oxidation sites excluding steroid dienone is 2. The van der Waals surface area contributed by atoms with Gasteiger partial charge in [-0.3, -0.25) is 19.3 Å². The third kappa shape index (κ3) is 3.01. The van der Waals surface area contributed by atoms with Gasteiger partial charge in [0.15, 0.2) is 0 Å². The molecular formula is C23H19NO5. The summed E-state index contributed by atoms with van der Waals surface area (Å²) in [5.74, 6) is -0.982. The number of ether oxygens (including phenoxy) is 1. The van der Waals surface area contributed by atoms with Crippen LogP contribution in [0.2, 0.25) is 0 Å². The Kier molecular flexibility index (Phi) is 4.19. The molecule has 0 saturated carbocycles. The molecule has 2 aliphatic rings. The lowest BCUT2D eigenvalue weighted by Gasteiger charge is -2.14. The summed E-state index contributed by atoms with van der Waals surface area (Å²) in [6.45, 7) is 0.0559. The van der Waals surface area contributed by atoms with Crippen LogP contribution in [0.4, 0.5) is 0 Å². The van der Waals surface area contributed by atoms with E-state index in [2.05, 4.69) is 0 Å². The summed E-state index contributed by atoms with van der Waals surface area (Å²) in [5.41, 5.74) is 1.49. The van der Waals surface area contributed by atoms with E-state index in [1.165, 1.54) is 4.90 Å². The molecule has 2 heterocycles. The molecule has 2 atom stereocenters. The zero-order valence-corrected chi connectivity index (χ0v) is 15.7. The Hall–Kier alpha value is -3.41. The molecule has 1 aliphatic carbocycles. The molecule has 1 fully saturated rings. The van der Waals surface area contributed by atoms with Crippen LogP contribution >= 0.6 is 0 Å². The van der Waals surface area contributed by atoms with Crippen LogP contribution in [-0.4, -0.2) is 29.2 Å². The van der Waals surface area contributed by atoms with Gasteiger partial charge in [0.2, 0.25) is 11.8 Å². The second-order valence-corrected chi connectivity index (χ2v) is 7.46. The van der Waals surface area contributed by atoms with Gasteiger partial charge in [0.05, 0.1) is 18.3 Å². The minimum absolute atomic E-state index is 0.0332. The molecule has 0 N–H and O–H groups in total. The standard InChI is InChI=1S/C23H19NO5/c25-21(11-12-24-22(26)16-6-1-2-7-17(16)23(24)27)28-14-9-10-20-18(13-14)15-5-3-4-8-19(15)29-20/h1-5,8-10,13,16-17H,6-7,11-12H2/t16-,17+. The van der Waals surface area contributed by atoms with E-state index in [9.17, 15) is 14.4 Å².